The molecule has 1 N–H and O–H groups in total. The quantitative estimate of drug-likeness (QED) is 0.761. The molecule has 0 radical (unpaired) electrons. The fourth-order valence-corrected chi connectivity index (χ4v) is 6.81. The van der Waals surface area contributed by atoms with Gasteiger partial charge in [-0.1, -0.05) is 30.3 Å². The molecule has 4 aliphatic rings. The lowest BCUT2D eigenvalue weighted by Crippen LogP contribution is -2.52. The van der Waals surface area contributed by atoms with Crippen LogP contribution >= 0.6 is 0 Å². The SMILES string of the molecule is CN(CC(=O)NCC12CC3CC(CC(C3)C1)C2)S(=O)(=O)C=Cc1ccccc1. The van der Waals surface area contributed by atoms with Gasteiger partial charge in [-0.3, -0.25) is 4.79 Å². The highest BCUT2D eigenvalue weighted by Crippen LogP contribution is 2.59. The molecule has 0 unspecified atom stereocenters. The van der Waals surface area contributed by atoms with E-state index in [2.05, 4.69) is 5.32 Å². The lowest BCUT2D eigenvalue weighted by Gasteiger charge is -2.56. The second-order valence-corrected chi connectivity index (χ2v) is 11.1. The summed E-state index contributed by atoms with van der Waals surface area (Å²) >= 11 is 0. The number of nitrogens with zero attached hydrogens (tertiary/aromatic N) is 1. The van der Waals surface area contributed by atoms with Crippen LogP contribution in [0, 0.1) is 23.2 Å². The van der Waals surface area contributed by atoms with E-state index in [1.54, 1.807) is 6.08 Å². The predicted molar refractivity (Wildman–Crippen MR) is 111 cm³/mol. The Morgan fingerprint density at radius 2 is 1.68 bits per heavy atom. The average molecular weight is 403 g/mol. The van der Waals surface area contributed by atoms with Crippen molar-refractivity contribution in [2.45, 2.75) is 38.5 Å². The Kier molecular flexibility index (Phi) is 5.36. The van der Waals surface area contributed by atoms with E-state index < -0.39 is 10.0 Å². The maximum atomic E-state index is 12.4. The minimum absolute atomic E-state index is 0.145. The summed E-state index contributed by atoms with van der Waals surface area (Å²) in [6.07, 6.45) is 9.37. The number of carbonyl (C=O) groups excluding carboxylic acids is 1. The fourth-order valence-electron chi connectivity index (χ4n) is 5.97. The summed E-state index contributed by atoms with van der Waals surface area (Å²) in [4.78, 5) is 12.4. The van der Waals surface area contributed by atoms with Gasteiger partial charge in [0.05, 0.1) is 6.54 Å². The van der Waals surface area contributed by atoms with Crippen LogP contribution in [0.3, 0.4) is 0 Å². The predicted octanol–water partition coefficient (Wildman–Crippen LogP) is 3.25. The van der Waals surface area contributed by atoms with Crippen LogP contribution in [0.4, 0.5) is 0 Å². The summed E-state index contributed by atoms with van der Waals surface area (Å²) in [5.41, 5.74) is 1.07. The van der Waals surface area contributed by atoms with E-state index in [-0.39, 0.29) is 17.9 Å². The van der Waals surface area contributed by atoms with Crippen LogP contribution in [0.5, 0.6) is 0 Å². The van der Waals surface area contributed by atoms with Crippen molar-refractivity contribution in [2.75, 3.05) is 20.1 Å². The number of carbonyl (C=O) groups is 1. The summed E-state index contributed by atoms with van der Waals surface area (Å²) in [5, 5.41) is 4.21. The Morgan fingerprint density at radius 3 is 2.25 bits per heavy atom. The molecule has 0 spiro atoms. The Morgan fingerprint density at radius 1 is 1.11 bits per heavy atom. The van der Waals surface area contributed by atoms with E-state index in [1.807, 2.05) is 30.3 Å². The summed E-state index contributed by atoms with van der Waals surface area (Å²) < 4.78 is 26.0. The molecule has 6 heteroatoms. The first-order valence-corrected chi connectivity index (χ1v) is 11.8. The van der Waals surface area contributed by atoms with Crippen molar-refractivity contribution < 1.29 is 13.2 Å². The van der Waals surface area contributed by atoms with Crippen molar-refractivity contribution >= 4 is 22.0 Å². The Labute approximate surface area is 168 Å². The highest BCUT2D eigenvalue weighted by atomic mass is 32.2. The highest BCUT2D eigenvalue weighted by Gasteiger charge is 2.50. The number of amides is 1. The molecule has 28 heavy (non-hydrogen) atoms. The zero-order chi connectivity index (χ0) is 19.8. The van der Waals surface area contributed by atoms with Crippen LogP contribution in [0.2, 0.25) is 0 Å². The van der Waals surface area contributed by atoms with E-state index in [0.717, 1.165) is 33.0 Å². The van der Waals surface area contributed by atoms with Gasteiger partial charge in [-0.15, -0.1) is 0 Å². The monoisotopic (exact) mass is 402 g/mol. The van der Waals surface area contributed by atoms with Gasteiger partial charge in [0.15, 0.2) is 0 Å². The zero-order valence-corrected chi connectivity index (χ0v) is 17.3. The van der Waals surface area contributed by atoms with Crippen LogP contribution in [0.15, 0.2) is 35.7 Å². The van der Waals surface area contributed by atoms with Gasteiger partial charge < -0.3 is 5.32 Å². The number of benzene rings is 1. The molecule has 5 rings (SSSR count). The van der Waals surface area contributed by atoms with Gasteiger partial charge in [-0.2, -0.15) is 4.31 Å². The first-order valence-electron chi connectivity index (χ1n) is 10.3. The van der Waals surface area contributed by atoms with Crippen LogP contribution < -0.4 is 5.32 Å². The topological polar surface area (TPSA) is 66.5 Å². The number of nitrogens with one attached hydrogen (secondary N) is 1. The summed E-state index contributed by atoms with van der Waals surface area (Å²) in [7, 11) is -2.17. The van der Waals surface area contributed by atoms with Crippen LogP contribution in [-0.2, 0) is 14.8 Å². The van der Waals surface area contributed by atoms with Crippen molar-refractivity contribution in [3.05, 3.63) is 41.3 Å². The van der Waals surface area contributed by atoms with Crippen molar-refractivity contribution in [1.29, 1.82) is 0 Å². The third-order valence-electron chi connectivity index (χ3n) is 6.86. The zero-order valence-electron chi connectivity index (χ0n) is 16.5. The van der Waals surface area contributed by atoms with Gasteiger partial charge in [0.1, 0.15) is 0 Å². The van der Waals surface area contributed by atoms with Gasteiger partial charge in [-0.25, -0.2) is 8.42 Å². The smallest absolute Gasteiger partial charge is 0.236 e. The molecule has 4 bridgehead atoms. The van der Waals surface area contributed by atoms with E-state index in [4.69, 9.17) is 0 Å². The van der Waals surface area contributed by atoms with Gasteiger partial charge in [0, 0.05) is 19.0 Å². The van der Waals surface area contributed by atoms with Gasteiger partial charge in [0.25, 0.3) is 0 Å². The van der Waals surface area contributed by atoms with Gasteiger partial charge in [0.2, 0.25) is 15.9 Å². The maximum absolute atomic E-state index is 12.4. The first kappa shape index (κ1) is 19.6. The fraction of sp³-hybridized carbons (Fsp3) is 0.591. The molecule has 4 aliphatic carbocycles. The molecule has 0 heterocycles. The molecule has 1 aromatic carbocycles. The van der Waals surface area contributed by atoms with Crippen molar-refractivity contribution in [3.63, 3.8) is 0 Å². The maximum Gasteiger partial charge on any atom is 0.236 e. The molecule has 1 aromatic rings. The molecule has 0 atom stereocenters. The van der Waals surface area contributed by atoms with E-state index in [1.165, 1.54) is 45.6 Å². The number of hydrogen-bond donors (Lipinski definition) is 1. The Balaban J connectivity index is 1.30. The van der Waals surface area contributed by atoms with Crippen LogP contribution in [0.25, 0.3) is 6.08 Å². The molecule has 0 aliphatic heterocycles. The second kappa shape index (κ2) is 7.64. The first-order chi connectivity index (χ1) is 13.3. The number of hydrogen-bond acceptors (Lipinski definition) is 3. The van der Waals surface area contributed by atoms with E-state index in [0.29, 0.717) is 6.54 Å². The molecule has 0 aromatic heterocycles. The minimum Gasteiger partial charge on any atom is -0.354 e. The standard InChI is InChI=1S/C22H30N2O3S/c1-24(28(26,27)8-7-17-5-3-2-4-6-17)15-21(25)23-16-22-12-18-9-19(13-22)11-20(10-18)14-22/h2-8,18-20H,9-16H2,1H3,(H,23,25). The summed E-state index contributed by atoms with van der Waals surface area (Å²) in [6, 6.07) is 9.27. The molecule has 1 amide bonds. The lowest BCUT2D eigenvalue weighted by molar-refractivity contribution is -0.123. The average Bonchev–Trinajstić information content (AvgIpc) is 2.65. The molecule has 4 fully saturated rings. The van der Waals surface area contributed by atoms with Crippen LogP contribution in [0.1, 0.15) is 44.1 Å². The van der Waals surface area contributed by atoms with E-state index in [9.17, 15) is 13.2 Å². The largest absolute Gasteiger partial charge is 0.354 e. The van der Waals surface area contributed by atoms with Crippen molar-refractivity contribution in [1.82, 2.24) is 9.62 Å². The Hall–Kier alpha value is -1.66. The third-order valence-corrected chi connectivity index (χ3v) is 8.34. The lowest BCUT2D eigenvalue weighted by atomic mass is 9.49. The number of rotatable bonds is 7. The summed E-state index contributed by atoms with van der Waals surface area (Å²) in [6.45, 7) is 0.552. The van der Waals surface area contributed by atoms with Crippen molar-refractivity contribution in [2.24, 2.45) is 23.2 Å². The number of likely N-dealkylation sites (N-methyl/N-ethyl adjacent to an activating group) is 1. The highest BCUT2D eigenvalue weighted by molar-refractivity contribution is 7.92. The third kappa shape index (κ3) is 4.33. The van der Waals surface area contributed by atoms with Gasteiger partial charge in [-0.05, 0) is 73.3 Å². The molecule has 152 valence electrons. The normalized spacial score (nSPS) is 31.6. The molecule has 4 saturated carbocycles. The second-order valence-electron chi connectivity index (χ2n) is 9.21. The van der Waals surface area contributed by atoms with Crippen LogP contribution in [-0.4, -0.2) is 38.8 Å². The number of sulfonamides is 1. The minimum atomic E-state index is -3.62. The van der Waals surface area contributed by atoms with Gasteiger partial charge >= 0.3 is 0 Å². The molecular formula is C22H30N2O3S. The molecule has 5 nitrogen and oxygen atoms in total. The van der Waals surface area contributed by atoms with E-state index >= 15 is 0 Å². The van der Waals surface area contributed by atoms with Crippen molar-refractivity contribution in [3.8, 4) is 0 Å². The Bertz CT molecular complexity index is 813. The molecule has 0 saturated heterocycles. The molecular weight excluding hydrogens is 372 g/mol. The summed E-state index contributed by atoms with van der Waals surface area (Å²) in [5.74, 6) is 2.31.